The smallest absolute Gasteiger partial charge is 0.291 e. The van der Waals surface area contributed by atoms with Crippen LogP contribution in [0.4, 0.5) is 4.39 Å². The molecule has 0 radical (unpaired) electrons. The van der Waals surface area contributed by atoms with Crippen LogP contribution in [0.25, 0.3) is 21.3 Å². The maximum absolute atomic E-state index is 13.6. The van der Waals surface area contributed by atoms with E-state index in [0.717, 1.165) is 17.1 Å². The Kier molecular flexibility index (Phi) is 4.30. The number of nitrogens with two attached hydrogens (primary N) is 1. The van der Waals surface area contributed by atoms with Crippen LogP contribution in [0, 0.1) is 11.2 Å². The van der Waals surface area contributed by atoms with Gasteiger partial charge in [0.2, 0.25) is 0 Å². The lowest BCUT2D eigenvalue weighted by Gasteiger charge is -2.07. The molecule has 0 aliphatic carbocycles. The second-order valence-electron chi connectivity index (χ2n) is 6.41. The molecule has 0 saturated carbocycles. The fourth-order valence-electron chi connectivity index (χ4n) is 2.97. The summed E-state index contributed by atoms with van der Waals surface area (Å²) in [6, 6.07) is 0. The molecule has 4 rings (SSSR count). The van der Waals surface area contributed by atoms with E-state index in [0.29, 0.717) is 44.9 Å². The molecular formula is C17H17FN8OS. The third-order valence-corrected chi connectivity index (χ3v) is 5.68. The molecule has 0 amide bonds. The SMILES string of the molecule is CC(C=N)=C(N)Cn1ncc2c3sc(Cc4[nH]ncc4F)nc3n(C)c2c1=O. The minimum atomic E-state index is -0.403. The number of H-pyrrole nitrogens is 1. The van der Waals surface area contributed by atoms with Crippen LogP contribution >= 0.6 is 11.3 Å². The van der Waals surface area contributed by atoms with E-state index in [1.54, 1.807) is 24.7 Å². The van der Waals surface area contributed by atoms with Gasteiger partial charge in [0, 0.05) is 30.8 Å². The molecular weight excluding hydrogens is 383 g/mol. The van der Waals surface area contributed by atoms with Gasteiger partial charge >= 0.3 is 0 Å². The van der Waals surface area contributed by atoms with E-state index >= 15 is 0 Å². The first kappa shape index (κ1) is 18.0. The van der Waals surface area contributed by atoms with Crippen LogP contribution in [0.15, 0.2) is 28.5 Å². The highest BCUT2D eigenvalue weighted by molar-refractivity contribution is 7.19. The molecule has 0 aliphatic heterocycles. The summed E-state index contributed by atoms with van der Waals surface area (Å²) in [7, 11) is 1.76. The van der Waals surface area contributed by atoms with E-state index in [4.69, 9.17) is 11.1 Å². The zero-order valence-corrected chi connectivity index (χ0v) is 16.0. The lowest BCUT2D eigenvalue weighted by molar-refractivity contribution is 0.614. The second kappa shape index (κ2) is 6.68. The lowest BCUT2D eigenvalue weighted by Crippen LogP contribution is -2.27. The number of fused-ring (bicyclic) bond motifs is 3. The highest BCUT2D eigenvalue weighted by Gasteiger charge is 2.19. The summed E-state index contributed by atoms with van der Waals surface area (Å²) < 4.78 is 17.4. The van der Waals surface area contributed by atoms with Gasteiger partial charge in [0.15, 0.2) is 11.5 Å². The molecule has 28 heavy (non-hydrogen) atoms. The van der Waals surface area contributed by atoms with Crippen molar-refractivity contribution in [3.05, 3.63) is 50.5 Å². The molecule has 4 heterocycles. The molecule has 0 unspecified atom stereocenters. The van der Waals surface area contributed by atoms with E-state index in [2.05, 4.69) is 20.3 Å². The van der Waals surface area contributed by atoms with Gasteiger partial charge in [0.25, 0.3) is 5.56 Å². The first-order valence-corrected chi connectivity index (χ1v) is 9.19. The van der Waals surface area contributed by atoms with Crippen molar-refractivity contribution in [3.63, 3.8) is 0 Å². The standard InChI is InChI=1S/C17H17FN8OS/c1-8(4-19)11(20)7-26-17(27)14-9(5-22-26)15-16(25(14)2)23-13(28-15)3-12-10(18)6-21-24-12/h4-6,19H,3,7,20H2,1-2H3,(H,21,24). The average molecular weight is 400 g/mol. The van der Waals surface area contributed by atoms with Crippen LogP contribution in [0.1, 0.15) is 17.6 Å². The molecule has 4 aromatic heterocycles. The van der Waals surface area contributed by atoms with Crippen LogP contribution in [0.2, 0.25) is 0 Å². The van der Waals surface area contributed by atoms with E-state index in [1.807, 2.05) is 0 Å². The number of aromatic nitrogens is 6. The summed E-state index contributed by atoms with van der Waals surface area (Å²) >= 11 is 1.39. The third-order valence-electron chi connectivity index (χ3n) is 4.61. The van der Waals surface area contributed by atoms with Crippen LogP contribution in [0.5, 0.6) is 0 Å². The number of nitrogens with one attached hydrogen (secondary N) is 2. The summed E-state index contributed by atoms with van der Waals surface area (Å²) in [5.74, 6) is -0.403. The Morgan fingerprint density at radius 2 is 2.25 bits per heavy atom. The van der Waals surface area contributed by atoms with Crippen LogP contribution in [0.3, 0.4) is 0 Å². The largest absolute Gasteiger partial charge is 0.400 e. The van der Waals surface area contributed by atoms with Crippen molar-refractivity contribution in [2.45, 2.75) is 19.9 Å². The normalized spacial score (nSPS) is 12.7. The van der Waals surface area contributed by atoms with Crippen molar-refractivity contribution in [2.75, 3.05) is 0 Å². The first-order chi connectivity index (χ1) is 13.4. The third kappa shape index (κ3) is 2.80. The molecule has 0 saturated heterocycles. The molecule has 0 atom stereocenters. The van der Waals surface area contributed by atoms with Crippen molar-refractivity contribution in [1.29, 1.82) is 5.41 Å². The van der Waals surface area contributed by atoms with Gasteiger partial charge in [-0.25, -0.2) is 14.1 Å². The number of halogens is 1. The lowest BCUT2D eigenvalue weighted by atomic mass is 10.2. The van der Waals surface area contributed by atoms with Crippen LogP contribution in [-0.2, 0) is 20.0 Å². The number of aromatic amines is 1. The van der Waals surface area contributed by atoms with Gasteiger partial charge in [-0.2, -0.15) is 10.2 Å². The maximum atomic E-state index is 13.6. The summed E-state index contributed by atoms with van der Waals surface area (Å²) in [6.45, 7) is 1.81. The van der Waals surface area contributed by atoms with Gasteiger partial charge in [0.05, 0.1) is 29.3 Å². The van der Waals surface area contributed by atoms with Gasteiger partial charge in [-0.1, -0.05) is 0 Å². The quantitative estimate of drug-likeness (QED) is 0.439. The van der Waals surface area contributed by atoms with E-state index in [1.165, 1.54) is 16.0 Å². The molecule has 0 fully saturated rings. The Labute approximate surface area is 161 Å². The number of hydrogen-bond acceptors (Lipinski definition) is 7. The van der Waals surface area contributed by atoms with E-state index < -0.39 is 5.82 Å². The predicted molar refractivity (Wildman–Crippen MR) is 105 cm³/mol. The average Bonchev–Trinajstić information content (AvgIpc) is 3.34. The zero-order valence-electron chi connectivity index (χ0n) is 15.2. The maximum Gasteiger partial charge on any atom is 0.291 e. The highest BCUT2D eigenvalue weighted by atomic mass is 32.1. The summed E-state index contributed by atoms with van der Waals surface area (Å²) in [6.07, 6.45) is 4.18. The topological polar surface area (TPSA) is 131 Å². The molecule has 4 aromatic rings. The Morgan fingerprint density at radius 3 is 2.93 bits per heavy atom. The summed E-state index contributed by atoms with van der Waals surface area (Å²) in [5.41, 5.74) is 8.12. The highest BCUT2D eigenvalue weighted by Crippen LogP contribution is 2.31. The van der Waals surface area contributed by atoms with Gasteiger partial charge in [0.1, 0.15) is 10.5 Å². The molecule has 144 valence electrons. The fraction of sp³-hybridized carbons (Fsp3) is 0.235. The number of aryl methyl sites for hydroxylation is 1. The minimum absolute atomic E-state index is 0.104. The van der Waals surface area contributed by atoms with Crippen LogP contribution < -0.4 is 11.3 Å². The number of allylic oxidation sites excluding steroid dienone is 2. The van der Waals surface area contributed by atoms with Crippen molar-refractivity contribution in [2.24, 2.45) is 12.8 Å². The van der Waals surface area contributed by atoms with Crippen molar-refractivity contribution >= 4 is 38.8 Å². The van der Waals surface area contributed by atoms with Crippen molar-refractivity contribution < 1.29 is 4.39 Å². The molecule has 0 aromatic carbocycles. The Morgan fingerprint density at radius 1 is 1.46 bits per heavy atom. The zero-order chi connectivity index (χ0) is 20.0. The molecule has 4 N–H and O–H groups in total. The van der Waals surface area contributed by atoms with E-state index in [9.17, 15) is 9.18 Å². The molecule has 0 bridgehead atoms. The first-order valence-electron chi connectivity index (χ1n) is 8.38. The molecule has 11 heteroatoms. The minimum Gasteiger partial charge on any atom is -0.400 e. The van der Waals surface area contributed by atoms with Gasteiger partial charge in [-0.3, -0.25) is 9.89 Å². The number of hydrogen-bond donors (Lipinski definition) is 3. The van der Waals surface area contributed by atoms with Crippen molar-refractivity contribution in [3.8, 4) is 0 Å². The fourth-order valence-corrected chi connectivity index (χ4v) is 4.09. The van der Waals surface area contributed by atoms with Crippen LogP contribution in [-0.4, -0.2) is 35.7 Å². The number of thiazole rings is 1. The molecule has 0 aliphatic rings. The molecule has 0 spiro atoms. The monoisotopic (exact) mass is 400 g/mol. The van der Waals surface area contributed by atoms with Gasteiger partial charge in [-0.05, 0) is 12.5 Å². The van der Waals surface area contributed by atoms with Crippen molar-refractivity contribution in [1.82, 2.24) is 29.5 Å². The predicted octanol–water partition coefficient (Wildman–Crippen LogP) is 1.68. The Bertz CT molecular complexity index is 1310. The Hall–Kier alpha value is -3.34. The van der Waals surface area contributed by atoms with Gasteiger partial charge < -0.3 is 15.7 Å². The summed E-state index contributed by atoms with van der Waals surface area (Å²) in [4.78, 5) is 17.5. The second-order valence-corrected chi connectivity index (χ2v) is 7.50. The number of rotatable bonds is 5. The van der Waals surface area contributed by atoms with Gasteiger partial charge in [-0.15, -0.1) is 11.3 Å². The Balaban J connectivity index is 1.80. The number of nitrogens with zero attached hydrogens (tertiary/aromatic N) is 5. The van der Waals surface area contributed by atoms with E-state index in [-0.39, 0.29) is 12.1 Å². The summed E-state index contributed by atoms with van der Waals surface area (Å²) in [5, 5.41) is 19.2. The molecule has 9 nitrogen and oxygen atoms in total.